The molecule has 3 rings (SSSR count). The van der Waals surface area contributed by atoms with Gasteiger partial charge in [0.2, 0.25) is 0 Å². The average molecular weight is 277 g/mol. The van der Waals surface area contributed by atoms with E-state index in [1.165, 1.54) is 32.1 Å². The fourth-order valence-electron chi connectivity index (χ4n) is 4.01. The molecule has 0 amide bonds. The molecule has 110 valence electrons. The molecule has 0 aromatic carbocycles. The molecule has 5 heteroatoms. The van der Waals surface area contributed by atoms with Crippen LogP contribution in [0.3, 0.4) is 0 Å². The van der Waals surface area contributed by atoms with Crippen LogP contribution >= 0.6 is 0 Å². The topological polar surface area (TPSA) is 21.3 Å². The molecule has 3 aliphatic rings. The van der Waals surface area contributed by atoms with Crippen molar-refractivity contribution in [2.24, 2.45) is 17.3 Å². The Hall–Kier alpha value is -0.290. The zero-order chi connectivity index (χ0) is 13.5. The molecule has 0 aromatic rings. The lowest BCUT2D eigenvalue weighted by Crippen LogP contribution is -2.43. The van der Waals surface area contributed by atoms with Gasteiger partial charge in [-0.05, 0) is 43.9 Å². The predicted octanol–water partition coefficient (Wildman–Crippen LogP) is 3.12. The van der Waals surface area contributed by atoms with Gasteiger partial charge in [-0.1, -0.05) is 6.42 Å². The zero-order valence-corrected chi connectivity index (χ0v) is 11.1. The minimum absolute atomic E-state index is 0.0310. The van der Waals surface area contributed by atoms with Crippen molar-refractivity contribution in [2.75, 3.05) is 19.8 Å². The highest BCUT2D eigenvalue weighted by Crippen LogP contribution is 2.56. The van der Waals surface area contributed by atoms with Crippen LogP contribution in [0.4, 0.5) is 13.2 Å². The van der Waals surface area contributed by atoms with E-state index >= 15 is 0 Å². The van der Waals surface area contributed by atoms with Gasteiger partial charge in [0.05, 0.1) is 6.61 Å². The van der Waals surface area contributed by atoms with Gasteiger partial charge < -0.3 is 10.1 Å². The Morgan fingerprint density at radius 1 is 1.16 bits per heavy atom. The predicted molar refractivity (Wildman–Crippen MR) is 65.8 cm³/mol. The lowest BCUT2D eigenvalue weighted by molar-refractivity contribution is -0.183. The minimum Gasteiger partial charge on any atom is -0.371 e. The molecule has 0 heterocycles. The van der Waals surface area contributed by atoms with E-state index < -0.39 is 12.8 Å². The Labute approximate surface area is 112 Å². The second kappa shape index (κ2) is 4.92. The van der Waals surface area contributed by atoms with Gasteiger partial charge in [0.25, 0.3) is 0 Å². The first-order chi connectivity index (χ1) is 8.97. The summed E-state index contributed by atoms with van der Waals surface area (Å²) in [5.74, 6) is 1.29. The largest absolute Gasteiger partial charge is 0.411 e. The van der Waals surface area contributed by atoms with Crippen LogP contribution in [0.5, 0.6) is 0 Å². The molecule has 19 heavy (non-hydrogen) atoms. The molecule has 3 aliphatic carbocycles. The van der Waals surface area contributed by atoms with Crippen molar-refractivity contribution in [3.63, 3.8) is 0 Å². The van der Waals surface area contributed by atoms with Gasteiger partial charge in [-0.3, -0.25) is 0 Å². The second-order valence-corrected chi connectivity index (χ2v) is 6.71. The van der Waals surface area contributed by atoms with E-state index in [0.717, 1.165) is 18.9 Å². The van der Waals surface area contributed by atoms with Crippen molar-refractivity contribution in [3.05, 3.63) is 0 Å². The maximum absolute atomic E-state index is 12.2. The van der Waals surface area contributed by atoms with Crippen LogP contribution in [-0.2, 0) is 4.74 Å². The van der Waals surface area contributed by atoms with Crippen molar-refractivity contribution in [2.45, 2.75) is 50.7 Å². The van der Waals surface area contributed by atoms with Crippen molar-refractivity contribution >= 4 is 0 Å². The first kappa shape index (κ1) is 13.7. The average Bonchev–Trinajstić information content (AvgIpc) is 2.95. The van der Waals surface area contributed by atoms with E-state index in [9.17, 15) is 13.2 Å². The van der Waals surface area contributed by atoms with E-state index in [-0.39, 0.29) is 12.0 Å². The lowest BCUT2D eigenvalue weighted by Gasteiger charge is -2.38. The Kier molecular flexibility index (Phi) is 3.54. The summed E-state index contributed by atoms with van der Waals surface area (Å²) in [5, 5.41) is 3.51. The fourth-order valence-corrected chi connectivity index (χ4v) is 4.01. The highest BCUT2D eigenvalue weighted by atomic mass is 19.4. The van der Waals surface area contributed by atoms with Gasteiger partial charge in [0.15, 0.2) is 0 Å². The first-order valence-corrected chi connectivity index (χ1v) is 7.35. The van der Waals surface area contributed by atoms with Crippen LogP contribution in [0.15, 0.2) is 0 Å². The van der Waals surface area contributed by atoms with Crippen LogP contribution in [0.2, 0.25) is 0 Å². The summed E-state index contributed by atoms with van der Waals surface area (Å²) in [5.41, 5.74) is -0.0310. The van der Waals surface area contributed by atoms with Gasteiger partial charge in [-0.2, -0.15) is 13.2 Å². The minimum atomic E-state index is -4.21. The zero-order valence-electron chi connectivity index (χ0n) is 11.1. The molecule has 0 spiro atoms. The summed E-state index contributed by atoms with van der Waals surface area (Å²) in [7, 11) is 0. The third-order valence-electron chi connectivity index (χ3n) is 5.08. The lowest BCUT2D eigenvalue weighted by atomic mass is 9.73. The van der Waals surface area contributed by atoms with Gasteiger partial charge in [-0.15, -0.1) is 0 Å². The summed E-state index contributed by atoms with van der Waals surface area (Å²) < 4.78 is 41.7. The molecule has 0 aliphatic heterocycles. The molecular weight excluding hydrogens is 255 g/mol. The molecule has 0 saturated heterocycles. The normalized spacial score (nSPS) is 38.1. The molecule has 0 radical (unpaired) electrons. The number of hydrogen-bond acceptors (Lipinski definition) is 2. The number of ether oxygens (including phenoxy) is 1. The smallest absolute Gasteiger partial charge is 0.371 e. The molecule has 3 fully saturated rings. The van der Waals surface area contributed by atoms with Crippen molar-refractivity contribution < 1.29 is 17.9 Å². The van der Waals surface area contributed by atoms with Crippen LogP contribution in [0.1, 0.15) is 38.5 Å². The molecule has 3 saturated carbocycles. The summed E-state index contributed by atoms with van der Waals surface area (Å²) in [6.07, 6.45) is 2.91. The number of fused-ring (bicyclic) bond motifs is 2. The summed E-state index contributed by atoms with van der Waals surface area (Å²) in [6, 6.07) is 0.610. The van der Waals surface area contributed by atoms with Gasteiger partial charge in [0.1, 0.15) is 6.61 Å². The molecule has 2 nitrogen and oxygen atoms in total. The third-order valence-corrected chi connectivity index (χ3v) is 5.08. The summed E-state index contributed by atoms with van der Waals surface area (Å²) >= 11 is 0. The van der Waals surface area contributed by atoms with E-state index in [2.05, 4.69) is 5.32 Å². The monoisotopic (exact) mass is 277 g/mol. The Bertz CT molecular complexity index is 329. The fraction of sp³-hybridized carbons (Fsp3) is 1.00. The number of hydrogen-bond donors (Lipinski definition) is 1. The van der Waals surface area contributed by atoms with Crippen LogP contribution < -0.4 is 5.32 Å². The Balaban J connectivity index is 1.56. The quantitative estimate of drug-likeness (QED) is 0.805. The van der Waals surface area contributed by atoms with Crippen LogP contribution in [0.25, 0.3) is 0 Å². The summed E-state index contributed by atoms with van der Waals surface area (Å²) in [6.45, 7) is 0.0135. The highest BCUT2D eigenvalue weighted by molar-refractivity contribution is 5.02. The number of nitrogens with one attached hydrogen (secondary N) is 1. The molecule has 2 bridgehead atoms. The van der Waals surface area contributed by atoms with E-state index in [1.807, 2.05) is 0 Å². The van der Waals surface area contributed by atoms with Crippen molar-refractivity contribution in [1.29, 1.82) is 0 Å². The van der Waals surface area contributed by atoms with E-state index in [1.54, 1.807) is 0 Å². The molecule has 3 unspecified atom stereocenters. The molecule has 3 atom stereocenters. The standard InChI is InChI=1S/C14H22F3NO/c15-14(16,17)9-19-8-13(7-18-12-3-4-12)6-10-1-2-11(13)5-10/h10-12,18H,1-9H2. The Morgan fingerprint density at radius 3 is 2.47 bits per heavy atom. The van der Waals surface area contributed by atoms with E-state index in [0.29, 0.717) is 12.0 Å². The number of halogens is 3. The van der Waals surface area contributed by atoms with Gasteiger partial charge >= 0.3 is 6.18 Å². The summed E-state index contributed by atoms with van der Waals surface area (Å²) in [4.78, 5) is 0. The Morgan fingerprint density at radius 2 is 1.95 bits per heavy atom. The second-order valence-electron chi connectivity index (χ2n) is 6.71. The van der Waals surface area contributed by atoms with Gasteiger partial charge in [0, 0.05) is 18.0 Å². The number of rotatable bonds is 6. The SMILES string of the molecule is FC(F)(F)COCC1(CNC2CC2)CC2CCC1C2. The third kappa shape index (κ3) is 3.24. The van der Waals surface area contributed by atoms with Crippen LogP contribution in [-0.4, -0.2) is 32.0 Å². The molecular formula is C14H22F3NO. The van der Waals surface area contributed by atoms with Gasteiger partial charge in [-0.25, -0.2) is 0 Å². The molecule has 0 aromatic heterocycles. The molecule has 1 N–H and O–H groups in total. The first-order valence-electron chi connectivity index (χ1n) is 7.35. The van der Waals surface area contributed by atoms with Crippen molar-refractivity contribution in [3.8, 4) is 0 Å². The van der Waals surface area contributed by atoms with E-state index in [4.69, 9.17) is 4.74 Å². The number of alkyl halides is 3. The van der Waals surface area contributed by atoms with Crippen LogP contribution in [0, 0.1) is 17.3 Å². The highest BCUT2D eigenvalue weighted by Gasteiger charge is 2.51. The maximum Gasteiger partial charge on any atom is 0.411 e. The van der Waals surface area contributed by atoms with Crippen molar-refractivity contribution in [1.82, 2.24) is 5.32 Å². The maximum atomic E-state index is 12.2.